The lowest BCUT2D eigenvalue weighted by Gasteiger charge is -2.36. The zero-order valence-electron chi connectivity index (χ0n) is 15.8. The smallest absolute Gasteiger partial charge is 0.416 e. The van der Waals surface area contributed by atoms with E-state index in [-0.39, 0.29) is 5.69 Å². The third-order valence-corrected chi connectivity index (χ3v) is 3.98. The second-order valence-corrected chi connectivity index (χ2v) is 7.09. The van der Waals surface area contributed by atoms with Crippen LogP contribution in [0.1, 0.15) is 45.2 Å². The maximum absolute atomic E-state index is 13.2. The fourth-order valence-corrected chi connectivity index (χ4v) is 2.81. The van der Waals surface area contributed by atoms with Gasteiger partial charge in [0.05, 0.1) is 18.4 Å². The van der Waals surface area contributed by atoms with Crippen molar-refractivity contribution in [2.45, 2.75) is 51.9 Å². The second-order valence-electron chi connectivity index (χ2n) is 7.09. The summed E-state index contributed by atoms with van der Waals surface area (Å²) in [6.07, 6.45) is -3.53. The minimum Gasteiger partial charge on any atom is -0.467 e. The maximum atomic E-state index is 13.2. The highest BCUT2D eigenvalue weighted by Crippen LogP contribution is 2.41. The summed E-state index contributed by atoms with van der Waals surface area (Å²) in [4.78, 5) is 25.9. The Morgan fingerprint density at radius 1 is 1.19 bits per heavy atom. The molecule has 0 bridgehead atoms. The number of carbonyl (C=O) groups excluding carboxylic acids is 2. The molecule has 148 valence electrons. The molecule has 1 heterocycles. The number of alkyl halides is 3. The SMILES string of the molecule is CCC1=CC(C(=O)OC)N(C(=O)OC(C)(C)C)c2cc(C(F)(F)F)ccc21. The van der Waals surface area contributed by atoms with E-state index in [4.69, 9.17) is 9.47 Å². The van der Waals surface area contributed by atoms with Crippen molar-refractivity contribution < 1.29 is 32.2 Å². The van der Waals surface area contributed by atoms with E-state index in [0.717, 1.165) is 24.1 Å². The molecule has 1 aliphatic rings. The number of esters is 1. The molecule has 1 amide bonds. The summed E-state index contributed by atoms with van der Waals surface area (Å²) in [6.45, 7) is 6.69. The largest absolute Gasteiger partial charge is 0.467 e. The van der Waals surface area contributed by atoms with E-state index in [9.17, 15) is 22.8 Å². The number of halogens is 3. The average molecular weight is 385 g/mol. The van der Waals surface area contributed by atoms with Crippen LogP contribution < -0.4 is 4.90 Å². The van der Waals surface area contributed by atoms with Crippen LogP contribution in [-0.2, 0) is 20.4 Å². The van der Waals surface area contributed by atoms with Crippen molar-refractivity contribution in [3.05, 3.63) is 35.4 Å². The van der Waals surface area contributed by atoms with Crippen molar-refractivity contribution in [3.8, 4) is 0 Å². The molecule has 0 aliphatic carbocycles. The summed E-state index contributed by atoms with van der Waals surface area (Å²) in [5.41, 5.74) is -0.760. The molecule has 0 saturated heterocycles. The highest BCUT2D eigenvalue weighted by molar-refractivity contribution is 6.03. The van der Waals surface area contributed by atoms with E-state index in [1.807, 2.05) is 6.92 Å². The van der Waals surface area contributed by atoms with Gasteiger partial charge in [-0.1, -0.05) is 13.0 Å². The molecule has 0 saturated carbocycles. The van der Waals surface area contributed by atoms with Crippen LogP contribution in [0.25, 0.3) is 5.57 Å². The molecule has 2 rings (SSSR count). The van der Waals surface area contributed by atoms with Gasteiger partial charge in [-0.3, -0.25) is 4.90 Å². The molecular weight excluding hydrogens is 363 g/mol. The van der Waals surface area contributed by atoms with Gasteiger partial charge in [0.25, 0.3) is 0 Å². The van der Waals surface area contributed by atoms with Gasteiger partial charge in [0, 0.05) is 5.56 Å². The topological polar surface area (TPSA) is 55.8 Å². The van der Waals surface area contributed by atoms with Gasteiger partial charge in [-0.25, -0.2) is 9.59 Å². The number of amides is 1. The van der Waals surface area contributed by atoms with E-state index in [0.29, 0.717) is 17.6 Å². The first-order chi connectivity index (χ1) is 12.4. The maximum Gasteiger partial charge on any atom is 0.416 e. The van der Waals surface area contributed by atoms with Crippen molar-refractivity contribution in [1.82, 2.24) is 0 Å². The van der Waals surface area contributed by atoms with Crippen molar-refractivity contribution in [1.29, 1.82) is 0 Å². The molecular formula is C19H22F3NO4. The summed E-state index contributed by atoms with van der Waals surface area (Å²) in [5, 5.41) is 0. The van der Waals surface area contributed by atoms with Crippen molar-refractivity contribution >= 4 is 23.3 Å². The van der Waals surface area contributed by atoms with Crippen LogP contribution in [0.4, 0.5) is 23.7 Å². The number of fused-ring (bicyclic) bond motifs is 1. The van der Waals surface area contributed by atoms with Gasteiger partial charge in [-0.15, -0.1) is 0 Å². The van der Waals surface area contributed by atoms with Gasteiger partial charge in [-0.05, 0) is 51.0 Å². The standard InChI is InChI=1S/C19H22F3NO4/c1-6-11-9-15(16(24)26-5)23(17(25)27-18(2,3)4)14-10-12(19(20,21)22)7-8-13(11)14/h7-10,15H,6H2,1-5H3. The fraction of sp³-hybridized carbons (Fsp3) is 0.474. The van der Waals surface area contributed by atoms with Crippen molar-refractivity contribution in [3.63, 3.8) is 0 Å². The Labute approximate surface area is 155 Å². The van der Waals surface area contributed by atoms with Gasteiger partial charge in [0.15, 0.2) is 6.04 Å². The Bertz CT molecular complexity index is 778. The first-order valence-corrected chi connectivity index (χ1v) is 8.41. The molecule has 5 nitrogen and oxygen atoms in total. The Morgan fingerprint density at radius 2 is 1.81 bits per heavy atom. The van der Waals surface area contributed by atoms with E-state index in [2.05, 4.69) is 0 Å². The van der Waals surface area contributed by atoms with Crippen LogP contribution in [0, 0.1) is 0 Å². The number of rotatable bonds is 2. The lowest BCUT2D eigenvalue weighted by Crippen LogP contribution is -2.49. The molecule has 0 N–H and O–H groups in total. The normalized spacial score (nSPS) is 17.1. The number of nitrogens with zero attached hydrogens (tertiary/aromatic N) is 1. The Hall–Kier alpha value is -2.51. The lowest BCUT2D eigenvalue weighted by atomic mass is 9.92. The molecule has 0 fully saturated rings. The van der Waals surface area contributed by atoms with Gasteiger partial charge in [0.1, 0.15) is 5.60 Å². The molecule has 1 aromatic rings. The minimum atomic E-state index is -4.59. The summed E-state index contributed by atoms with van der Waals surface area (Å²) in [7, 11) is 1.15. The van der Waals surface area contributed by atoms with Crippen molar-refractivity contribution in [2.24, 2.45) is 0 Å². The number of allylic oxidation sites excluding steroid dienone is 1. The molecule has 0 radical (unpaired) electrons. The van der Waals surface area contributed by atoms with Crippen molar-refractivity contribution in [2.75, 3.05) is 12.0 Å². The molecule has 27 heavy (non-hydrogen) atoms. The summed E-state index contributed by atoms with van der Waals surface area (Å²) in [5.74, 6) is -0.769. The quantitative estimate of drug-likeness (QED) is 0.687. The van der Waals surface area contributed by atoms with Crippen LogP contribution >= 0.6 is 0 Å². The van der Waals surface area contributed by atoms with Crippen LogP contribution in [-0.4, -0.2) is 30.8 Å². The zero-order valence-corrected chi connectivity index (χ0v) is 15.8. The van der Waals surface area contributed by atoms with E-state index >= 15 is 0 Å². The predicted octanol–water partition coefficient (Wildman–Crippen LogP) is 4.80. The molecule has 0 spiro atoms. The fourth-order valence-electron chi connectivity index (χ4n) is 2.81. The molecule has 1 aromatic carbocycles. The highest BCUT2D eigenvalue weighted by Gasteiger charge is 2.40. The van der Waals surface area contributed by atoms with E-state index < -0.39 is 35.4 Å². The number of ether oxygens (including phenoxy) is 2. The van der Waals surface area contributed by atoms with Gasteiger partial charge in [-0.2, -0.15) is 13.2 Å². The lowest BCUT2D eigenvalue weighted by molar-refractivity contribution is -0.141. The molecule has 0 aromatic heterocycles. The predicted molar refractivity (Wildman–Crippen MR) is 94.2 cm³/mol. The third-order valence-electron chi connectivity index (χ3n) is 3.98. The Morgan fingerprint density at radius 3 is 2.30 bits per heavy atom. The summed E-state index contributed by atoms with van der Waals surface area (Å²) in [6, 6.07) is 1.90. The third kappa shape index (κ3) is 4.43. The number of methoxy groups -OCH3 is 1. The first-order valence-electron chi connectivity index (χ1n) is 8.41. The van der Waals surface area contributed by atoms with Crippen LogP contribution in [0.15, 0.2) is 24.3 Å². The molecule has 1 aliphatic heterocycles. The van der Waals surface area contributed by atoms with Crippen LogP contribution in [0.3, 0.4) is 0 Å². The number of anilines is 1. The second kappa shape index (κ2) is 7.25. The number of hydrogen-bond donors (Lipinski definition) is 0. The number of hydrogen-bond acceptors (Lipinski definition) is 4. The van der Waals surface area contributed by atoms with E-state index in [1.165, 1.54) is 12.1 Å². The Kier molecular flexibility index (Phi) is 5.58. The summed E-state index contributed by atoms with van der Waals surface area (Å²) < 4.78 is 49.7. The highest BCUT2D eigenvalue weighted by atomic mass is 19.4. The monoisotopic (exact) mass is 385 g/mol. The molecule has 8 heteroatoms. The van der Waals surface area contributed by atoms with Gasteiger partial charge < -0.3 is 9.47 Å². The minimum absolute atomic E-state index is 0.0335. The zero-order chi connectivity index (χ0) is 20.6. The first kappa shape index (κ1) is 20.8. The summed E-state index contributed by atoms with van der Waals surface area (Å²) >= 11 is 0. The number of carbonyl (C=O) groups is 2. The van der Waals surface area contributed by atoms with Gasteiger partial charge >= 0.3 is 18.2 Å². The Balaban J connectivity index is 2.68. The molecule has 1 unspecified atom stereocenters. The number of benzene rings is 1. The average Bonchev–Trinajstić information content (AvgIpc) is 2.56. The van der Waals surface area contributed by atoms with Crippen LogP contribution in [0.2, 0.25) is 0 Å². The molecule has 1 atom stereocenters. The van der Waals surface area contributed by atoms with Crippen LogP contribution in [0.5, 0.6) is 0 Å². The van der Waals surface area contributed by atoms with Gasteiger partial charge in [0.2, 0.25) is 0 Å². The van der Waals surface area contributed by atoms with E-state index in [1.54, 1.807) is 20.8 Å².